The van der Waals surface area contributed by atoms with Crippen LogP contribution >= 0.6 is 0 Å². The van der Waals surface area contributed by atoms with Crippen LogP contribution in [0.15, 0.2) is 55.1 Å². The number of halogens is 2. The molecule has 1 saturated heterocycles. The Morgan fingerprint density at radius 3 is 2.67 bits per heavy atom. The van der Waals surface area contributed by atoms with Gasteiger partial charge in [0.15, 0.2) is 11.6 Å². The number of pyridine rings is 1. The molecule has 4 heterocycles. The van der Waals surface area contributed by atoms with Crippen molar-refractivity contribution in [1.29, 1.82) is 0 Å². The van der Waals surface area contributed by atoms with Crippen LogP contribution in [0.2, 0.25) is 0 Å². The number of rotatable bonds is 8. The summed E-state index contributed by atoms with van der Waals surface area (Å²) in [4.78, 5) is 26.6. The minimum absolute atomic E-state index is 0.0695. The van der Waals surface area contributed by atoms with Gasteiger partial charge in [0.1, 0.15) is 5.75 Å². The quantitative estimate of drug-likeness (QED) is 0.228. The van der Waals surface area contributed by atoms with Crippen LogP contribution in [-0.2, 0) is 4.74 Å². The van der Waals surface area contributed by atoms with Crippen LogP contribution in [0.25, 0.3) is 28.1 Å². The molecule has 4 aromatic rings. The maximum Gasteiger partial charge on any atom is 0.235 e. The molecule has 0 radical (unpaired) electrons. The summed E-state index contributed by atoms with van der Waals surface area (Å²) in [5.74, 6) is 1.72. The first kappa shape index (κ1) is 26.5. The van der Waals surface area contributed by atoms with Gasteiger partial charge < -0.3 is 9.47 Å². The molecule has 9 heteroatoms. The molecule has 2 aliphatic rings. The number of carbonyl (C=O) groups excluding carboxylic acids is 1. The Kier molecular flexibility index (Phi) is 7.56. The second-order valence-corrected chi connectivity index (χ2v) is 10.8. The summed E-state index contributed by atoms with van der Waals surface area (Å²) in [6, 6.07) is 8.89. The van der Waals surface area contributed by atoms with Gasteiger partial charge in [0.25, 0.3) is 0 Å². The average molecular weight is 547 g/mol. The summed E-state index contributed by atoms with van der Waals surface area (Å²) in [7, 11) is 0. The van der Waals surface area contributed by atoms with E-state index in [9.17, 15) is 13.6 Å². The van der Waals surface area contributed by atoms with Crippen LogP contribution in [0, 0.1) is 23.6 Å². The molecule has 3 aromatic heterocycles. The van der Waals surface area contributed by atoms with Crippen LogP contribution in [-0.4, -0.2) is 44.9 Å². The fourth-order valence-corrected chi connectivity index (χ4v) is 6.43. The predicted molar refractivity (Wildman–Crippen MR) is 147 cm³/mol. The van der Waals surface area contributed by atoms with Gasteiger partial charge in [-0.3, -0.25) is 14.3 Å². The highest BCUT2D eigenvalue weighted by Gasteiger charge is 2.35. The summed E-state index contributed by atoms with van der Waals surface area (Å²) in [6.07, 6.45) is 10.2. The van der Waals surface area contributed by atoms with E-state index >= 15 is 0 Å². The normalized spacial score (nSPS) is 20.6. The first-order chi connectivity index (χ1) is 19.5. The van der Waals surface area contributed by atoms with Gasteiger partial charge in [0.05, 0.1) is 23.4 Å². The Balaban J connectivity index is 1.35. The molecule has 0 amide bonds. The summed E-state index contributed by atoms with van der Waals surface area (Å²) in [5, 5.41) is 0. The van der Waals surface area contributed by atoms with E-state index in [2.05, 4.69) is 9.97 Å². The maximum absolute atomic E-state index is 13.6. The van der Waals surface area contributed by atoms with Gasteiger partial charge in [-0.15, -0.1) is 0 Å². The average Bonchev–Trinajstić information content (AvgIpc) is 3.58. The number of carbonyl (C=O) groups is 1. The number of alkyl halides is 1. The lowest BCUT2D eigenvalue weighted by Crippen LogP contribution is -2.27. The highest BCUT2D eigenvalue weighted by molar-refractivity contribution is 6.01. The van der Waals surface area contributed by atoms with Crippen molar-refractivity contribution in [3.63, 3.8) is 0 Å². The smallest absolute Gasteiger partial charge is 0.235 e. The molecule has 40 heavy (non-hydrogen) atoms. The number of fused-ring (bicyclic) bond motifs is 1. The topological polar surface area (TPSA) is 79.1 Å². The van der Waals surface area contributed by atoms with Crippen molar-refractivity contribution >= 4 is 16.8 Å². The Labute approximate surface area is 231 Å². The fourth-order valence-electron chi connectivity index (χ4n) is 6.43. The van der Waals surface area contributed by atoms with Crippen LogP contribution in [0.4, 0.5) is 8.78 Å². The van der Waals surface area contributed by atoms with Gasteiger partial charge in [0, 0.05) is 50.1 Å². The molecule has 6 rings (SSSR count). The zero-order valence-corrected chi connectivity index (χ0v) is 22.4. The number of aromatic nitrogens is 4. The fraction of sp³-hybridized carbons (Fsp3) is 0.419. The van der Waals surface area contributed by atoms with E-state index in [0.717, 1.165) is 62.4 Å². The molecule has 7 nitrogen and oxygen atoms in total. The minimum Gasteiger partial charge on any atom is -0.461 e. The van der Waals surface area contributed by atoms with Crippen molar-refractivity contribution in [2.75, 3.05) is 13.2 Å². The summed E-state index contributed by atoms with van der Waals surface area (Å²) in [6.45, 7) is 2.95. The van der Waals surface area contributed by atoms with Crippen molar-refractivity contribution in [2.45, 2.75) is 51.8 Å². The van der Waals surface area contributed by atoms with Crippen LogP contribution in [0.1, 0.15) is 55.8 Å². The van der Waals surface area contributed by atoms with E-state index in [0.29, 0.717) is 46.5 Å². The van der Waals surface area contributed by atoms with Gasteiger partial charge in [-0.1, -0.05) is 18.6 Å². The van der Waals surface area contributed by atoms with Crippen LogP contribution < -0.4 is 4.74 Å². The second kappa shape index (κ2) is 11.4. The van der Waals surface area contributed by atoms with E-state index in [1.165, 1.54) is 13.3 Å². The van der Waals surface area contributed by atoms with E-state index in [1.54, 1.807) is 35.2 Å². The molecule has 3 atom stereocenters. The molecule has 1 saturated carbocycles. The molecule has 1 aliphatic heterocycles. The van der Waals surface area contributed by atoms with Crippen LogP contribution in [0.5, 0.6) is 5.75 Å². The molecular formula is C31H32F2N4O3. The number of nitrogens with zero attached hydrogens (tertiary/aromatic N) is 4. The zero-order valence-electron chi connectivity index (χ0n) is 22.4. The van der Waals surface area contributed by atoms with Gasteiger partial charge in [0.2, 0.25) is 12.3 Å². The zero-order chi connectivity index (χ0) is 27.6. The van der Waals surface area contributed by atoms with Gasteiger partial charge in [-0.25, -0.2) is 18.7 Å². The summed E-state index contributed by atoms with van der Waals surface area (Å²) < 4.78 is 39.6. The predicted octanol–water partition coefficient (Wildman–Crippen LogP) is 6.73. The Bertz CT molecular complexity index is 1500. The largest absolute Gasteiger partial charge is 0.461 e. The standard InChI is InChI=1S/C31H32F2N4O3/c1-19(32)40-25-6-2-4-21(12-25)27-18-37(31-35-16-24(33)17-36-31)28-13-23(15-34-30(27)28)29(38)14-22-5-3-7-26(22)20-8-10-39-11-9-20/h2,4,6,12-13,15-20,22,26H,3,5,7-11,14H2,1H3/t19?,22-,26-/m0/s1. The molecule has 2 fully saturated rings. The number of benzene rings is 1. The molecule has 0 N–H and O–H groups in total. The van der Waals surface area contributed by atoms with E-state index in [4.69, 9.17) is 14.5 Å². The second-order valence-electron chi connectivity index (χ2n) is 10.8. The monoisotopic (exact) mass is 546 g/mol. The number of ketones is 1. The van der Waals surface area contributed by atoms with Crippen LogP contribution in [0.3, 0.4) is 0 Å². The number of hydrogen-bond acceptors (Lipinski definition) is 6. The van der Waals surface area contributed by atoms with Crippen molar-refractivity contribution in [2.24, 2.45) is 17.8 Å². The SMILES string of the molecule is CC(F)Oc1cccc(-c2cn(-c3ncc(F)cn3)c3cc(C(=O)C[C@@H]4CCC[C@H]4C4CCOCC4)cnc23)c1. The Morgan fingerprint density at radius 1 is 1.10 bits per heavy atom. The molecule has 1 unspecified atom stereocenters. The third kappa shape index (κ3) is 5.47. The number of hydrogen-bond donors (Lipinski definition) is 0. The molecule has 1 aromatic carbocycles. The van der Waals surface area contributed by atoms with Crippen molar-refractivity contribution in [3.05, 3.63) is 66.5 Å². The Morgan fingerprint density at radius 2 is 1.90 bits per heavy atom. The lowest BCUT2D eigenvalue weighted by atomic mass is 9.77. The summed E-state index contributed by atoms with van der Waals surface area (Å²) in [5.41, 5.74) is 3.26. The van der Waals surface area contributed by atoms with E-state index in [-0.39, 0.29) is 11.7 Å². The van der Waals surface area contributed by atoms with Gasteiger partial charge in [-0.05, 0) is 67.2 Å². The number of Topliss-reactive ketones (excluding diaryl/α,β-unsaturated/α-hetero) is 1. The maximum atomic E-state index is 13.6. The lowest BCUT2D eigenvalue weighted by molar-refractivity contribution is 0.0380. The summed E-state index contributed by atoms with van der Waals surface area (Å²) >= 11 is 0. The highest BCUT2D eigenvalue weighted by Crippen LogP contribution is 2.43. The Hall–Kier alpha value is -3.72. The molecule has 208 valence electrons. The van der Waals surface area contributed by atoms with Gasteiger partial charge >= 0.3 is 0 Å². The lowest BCUT2D eigenvalue weighted by Gasteiger charge is -2.31. The first-order valence-electron chi connectivity index (χ1n) is 14.0. The molecule has 0 spiro atoms. The van der Waals surface area contributed by atoms with E-state index < -0.39 is 12.2 Å². The third-order valence-electron chi connectivity index (χ3n) is 8.27. The van der Waals surface area contributed by atoms with E-state index in [1.807, 2.05) is 12.1 Å². The van der Waals surface area contributed by atoms with Crippen molar-refractivity contribution < 1.29 is 23.0 Å². The molecular weight excluding hydrogens is 514 g/mol. The van der Waals surface area contributed by atoms with Crippen molar-refractivity contribution in [1.82, 2.24) is 19.5 Å². The number of ether oxygens (including phenoxy) is 2. The highest BCUT2D eigenvalue weighted by atomic mass is 19.1. The molecule has 1 aliphatic carbocycles. The first-order valence-corrected chi connectivity index (χ1v) is 14.0. The molecule has 0 bridgehead atoms. The minimum atomic E-state index is -1.46. The third-order valence-corrected chi connectivity index (χ3v) is 8.27. The van der Waals surface area contributed by atoms with Gasteiger partial charge in [-0.2, -0.15) is 0 Å². The van der Waals surface area contributed by atoms with Crippen molar-refractivity contribution in [3.8, 4) is 22.8 Å².